The molecule has 0 fully saturated rings. The Hall–Kier alpha value is 0.169. The fourth-order valence-corrected chi connectivity index (χ4v) is 4.46. The molecule has 1 aromatic rings. The van der Waals surface area contributed by atoms with E-state index in [4.69, 9.17) is 11.6 Å². The van der Waals surface area contributed by atoms with Gasteiger partial charge in [0.2, 0.25) is 0 Å². The SMILES string of the molecule is C[C](C)(C)[Sn][c]1cc(Cl)c(F)cn1. The maximum atomic E-state index is 12.8. The first kappa shape index (κ1) is 11.2. The molecule has 2 radical (unpaired) electrons. The topological polar surface area (TPSA) is 12.9 Å². The van der Waals surface area contributed by atoms with E-state index in [-0.39, 0.29) is 5.02 Å². The molecular weight excluding hydrogens is 295 g/mol. The summed E-state index contributed by atoms with van der Waals surface area (Å²) in [6, 6.07) is 1.66. The van der Waals surface area contributed by atoms with Gasteiger partial charge in [0.05, 0.1) is 0 Å². The minimum absolute atomic E-state index is 0.190. The third-order valence-corrected chi connectivity index (χ3v) is 5.25. The van der Waals surface area contributed by atoms with Crippen LogP contribution in [0.2, 0.25) is 8.45 Å². The fraction of sp³-hybridized carbons (Fsp3) is 0.444. The Kier molecular flexibility index (Phi) is 3.57. The van der Waals surface area contributed by atoms with Crippen LogP contribution < -0.4 is 3.71 Å². The molecule has 0 aromatic carbocycles. The van der Waals surface area contributed by atoms with E-state index >= 15 is 0 Å². The summed E-state index contributed by atoms with van der Waals surface area (Å²) in [5, 5.41) is 0.190. The quantitative estimate of drug-likeness (QED) is 0.726. The summed E-state index contributed by atoms with van der Waals surface area (Å²) in [5.74, 6) is -0.432. The molecule has 0 aliphatic carbocycles. The van der Waals surface area contributed by atoms with Gasteiger partial charge in [-0.3, -0.25) is 0 Å². The zero-order valence-electron chi connectivity index (χ0n) is 7.86. The minimum atomic E-state index is -0.757. The van der Waals surface area contributed by atoms with Crippen molar-refractivity contribution in [2.75, 3.05) is 0 Å². The number of aromatic nitrogens is 1. The van der Waals surface area contributed by atoms with E-state index in [2.05, 4.69) is 25.8 Å². The van der Waals surface area contributed by atoms with Crippen molar-refractivity contribution in [1.29, 1.82) is 0 Å². The molecule has 0 spiro atoms. The Morgan fingerprint density at radius 1 is 1.46 bits per heavy atom. The molecule has 1 rings (SSSR count). The Bertz CT molecular complexity index is 309. The second-order valence-corrected chi connectivity index (χ2v) is 10.7. The van der Waals surface area contributed by atoms with Crippen molar-refractivity contribution >= 4 is 36.5 Å². The Morgan fingerprint density at radius 3 is 2.54 bits per heavy atom. The molecule has 0 amide bonds. The van der Waals surface area contributed by atoms with Crippen molar-refractivity contribution in [2.24, 2.45) is 0 Å². The Balaban J connectivity index is 2.86. The number of halogens is 2. The van der Waals surface area contributed by atoms with Crippen LogP contribution in [-0.2, 0) is 0 Å². The molecule has 0 unspecified atom stereocenters. The molecule has 13 heavy (non-hydrogen) atoms. The van der Waals surface area contributed by atoms with E-state index < -0.39 is 27.0 Å². The molecule has 0 saturated heterocycles. The van der Waals surface area contributed by atoms with Crippen molar-refractivity contribution in [3.05, 3.63) is 23.1 Å². The summed E-state index contributed by atoms with van der Waals surface area (Å²) in [7, 11) is 0. The Labute approximate surface area is 92.9 Å². The molecule has 0 saturated carbocycles. The van der Waals surface area contributed by atoms with Crippen molar-refractivity contribution < 1.29 is 4.39 Å². The van der Waals surface area contributed by atoms with E-state index in [1.165, 1.54) is 6.20 Å². The predicted molar refractivity (Wildman–Crippen MR) is 54.3 cm³/mol. The van der Waals surface area contributed by atoms with Gasteiger partial charge in [0, 0.05) is 0 Å². The van der Waals surface area contributed by atoms with Gasteiger partial charge in [-0.05, 0) is 0 Å². The van der Waals surface area contributed by atoms with E-state index in [0.29, 0.717) is 3.43 Å². The molecule has 1 heterocycles. The number of nitrogens with zero attached hydrogens (tertiary/aromatic N) is 1. The predicted octanol–water partition coefficient (Wildman–Crippen LogP) is 2.42. The summed E-state index contributed by atoms with van der Waals surface area (Å²) in [6.45, 7) is 6.54. The maximum absolute atomic E-state index is 12.8. The third kappa shape index (κ3) is 3.81. The van der Waals surface area contributed by atoms with Gasteiger partial charge in [0.15, 0.2) is 0 Å². The zero-order chi connectivity index (χ0) is 10.1. The van der Waals surface area contributed by atoms with Crippen LogP contribution in [0.25, 0.3) is 0 Å². The summed E-state index contributed by atoms with van der Waals surface area (Å²) in [4.78, 5) is 4.04. The van der Waals surface area contributed by atoms with E-state index in [9.17, 15) is 4.39 Å². The fourth-order valence-electron chi connectivity index (χ4n) is 0.867. The molecule has 0 N–H and O–H groups in total. The first-order chi connectivity index (χ1) is 5.88. The van der Waals surface area contributed by atoms with Gasteiger partial charge < -0.3 is 0 Å². The summed E-state index contributed by atoms with van der Waals surface area (Å²) >= 11 is 4.90. The number of pyridine rings is 1. The van der Waals surface area contributed by atoms with Crippen LogP contribution in [0.4, 0.5) is 4.39 Å². The van der Waals surface area contributed by atoms with Crippen molar-refractivity contribution in [3.8, 4) is 0 Å². The van der Waals surface area contributed by atoms with Crippen LogP contribution in [0, 0.1) is 5.82 Å². The van der Waals surface area contributed by atoms with Crippen molar-refractivity contribution in [3.63, 3.8) is 0 Å². The summed E-state index contributed by atoms with van der Waals surface area (Å²) in [5.41, 5.74) is 0. The van der Waals surface area contributed by atoms with Gasteiger partial charge in [-0.25, -0.2) is 0 Å². The van der Waals surface area contributed by atoms with Gasteiger partial charge in [0.1, 0.15) is 0 Å². The second kappa shape index (κ2) is 4.13. The van der Waals surface area contributed by atoms with Gasteiger partial charge in [-0.15, -0.1) is 0 Å². The monoisotopic (exact) mass is 307 g/mol. The first-order valence-corrected chi connectivity index (χ1v) is 7.21. The first-order valence-electron chi connectivity index (χ1n) is 3.98. The molecular formula is C9H11ClFNSn. The van der Waals surface area contributed by atoms with Crippen molar-refractivity contribution in [2.45, 2.75) is 24.2 Å². The van der Waals surface area contributed by atoms with Gasteiger partial charge in [-0.1, -0.05) is 0 Å². The van der Waals surface area contributed by atoms with E-state index in [1.807, 2.05) is 0 Å². The van der Waals surface area contributed by atoms with Gasteiger partial charge in [-0.2, -0.15) is 0 Å². The molecule has 1 aromatic heterocycles. The van der Waals surface area contributed by atoms with Crippen LogP contribution in [0.5, 0.6) is 0 Å². The summed E-state index contributed by atoms with van der Waals surface area (Å²) in [6.07, 6.45) is 1.21. The van der Waals surface area contributed by atoms with Crippen molar-refractivity contribution in [1.82, 2.24) is 4.98 Å². The number of hydrogen-bond acceptors (Lipinski definition) is 1. The molecule has 4 heteroatoms. The second-order valence-electron chi connectivity index (χ2n) is 3.86. The van der Waals surface area contributed by atoms with E-state index in [0.717, 1.165) is 3.71 Å². The number of hydrogen-bond donors (Lipinski definition) is 0. The normalized spacial score (nSPS) is 11.8. The average Bonchev–Trinajstić information content (AvgIpc) is 1.94. The zero-order valence-corrected chi connectivity index (χ0v) is 11.5. The molecule has 1 nitrogen and oxygen atoms in total. The molecule has 0 bridgehead atoms. The van der Waals surface area contributed by atoms with Gasteiger partial charge >= 0.3 is 93.1 Å². The molecule has 0 aliphatic heterocycles. The Morgan fingerprint density at radius 2 is 2.08 bits per heavy atom. The van der Waals surface area contributed by atoms with Crippen LogP contribution >= 0.6 is 11.6 Å². The van der Waals surface area contributed by atoms with Crippen LogP contribution in [0.15, 0.2) is 12.3 Å². The van der Waals surface area contributed by atoms with Crippen LogP contribution in [-0.4, -0.2) is 26.1 Å². The molecule has 70 valence electrons. The third-order valence-electron chi connectivity index (χ3n) is 1.31. The number of rotatable bonds is 1. The van der Waals surface area contributed by atoms with E-state index in [1.54, 1.807) is 6.07 Å². The molecule has 0 aliphatic rings. The summed E-state index contributed by atoms with van der Waals surface area (Å²) < 4.78 is 14.1. The van der Waals surface area contributed by atoms with Crippen LogP contribution in [0.3, 0.4) is 0 Å². The molecule has 0 atom stereocenters. The van der Waals surface area contributed by atoms with Gasteiger partial charge in [0.25, 0.3) is 0 Å². The standard InChI is InChI=1S/C5H2ClFN.C4H9.Sn/c6-4-1-2-8-3-5(4)7;1-4(2)3;/h1,3H;1-3H3;. The average molecular weight is 306 g/mol. The van der Waals surface area contributed by atoms with Crippen LogP contribution in [0.1, 0.15) is 20.8 Å².